The molecule has 5 nitrogen and oxygen atoms in total. The normalized spacial score (nSPS) is 22.8. The first-order chi connectivity index (χ1) is 11.4. The number of nitrogens with zero attached hydrogens (tertiary/aromatic N) is 1. The van der Waals surface area contributed by atoms with Crippen LogP contribution in [-0.4, -0.2) is 40.2 Å². The number of carbonyl (C=O) groups excluding carboxylic acids is 2. The fourth-order valence-electron chi connectivity index (χ4n) is 3.10. The highest BCUT2D eigenvalue weighted by molar-refractivity contribution is 5.83. The Labute approximate surface area is 148 Å². The molecule has 0 radical (unpaired) electrons. The molecule has 1 aromatic carbocycles. The van der Waals surface area contributed by atoms with E-state index in [1.165, 1.54) is 24.0 Å². The van der Waals surface area contributed by atoms with Crippen LogP contribution in [0.3, 0.4) is 0 Å². The summed E-state index contributed by atoms with van der Waals surface area (Å²) in [7, 11) is 0. The Morgan fingerprint density at radius 1 is 1.32 bits per heavy atom. The van der Waals surface area contributed by atoms with Crippen LogP contribution in [0.2, 0.25) is 0 Å². The molecule has 0 aromatic heterocycles. The van der Waals surface area contributed by atoms with E-state index in [1.807, 2.05) is 0 Å². The highest BCUT2D eigenvalue weighted by Gasteiger charge is 2.52. The average Bonchev–Trinajstić information content (AvgIpc) is 2.68. The molecule has 1 saturated heterocycles. The van der Waals surface area contributed by atoms with Crippen molar-refractivity contribution in [2.75, 3.05) is 0 Å². The van der Waals surface area contributed by atoms with Gasteiger partial charge < -0.3 is 9.47 Å². The fourth-order valence-corrected chi connectivity index (χ4v) is 3.10. The van der Waals surface area contributed by atoms with Gasteiger partial charge in [0.15, 0.2) is 5.78 Å². The molecular formula is C19H26FNO4. The molecule has 1 aromatic rings. The van der Waals surface area contributed by atoms with Crippen LogP contribution >= 0.6 is 0 Å². The van der Waals surface area contributed by atoms with Crippen molar-refractivity contribution < 1.29 is 23.5 Å². The Bertz CT molecular complexity index is 666. The van der Waals surface area contributed by atoms with Gasteiger partial charge in [-0.1, -0.05) is 12.1 Å². The van der Waals surface area contributed by atoms with Crippen molar-refractivity contribution in [1.29, 1.82) is 0 Å². The summed E-state index contributed by atoms with van der Waals surface area (Å²) in [5, 5.41) is 0. The first-order valence-electron chi connectivity index (χ1n) is 8.36. The van der Waals surface area contributed by atoms with Crippen molar-refractivity contribution in [3.8, 4) is 0 Å². The average molecular weight is 351 g/mol. The van der Waals surface area contributed by atoms with Gasteiger partial charge in [0.2, 0.25) is 0 Å². The molecule has 0 aliphatic carbocycles. The van der Waals surface area contributed by atoms with Crippen molar-refractivity contribution in [1.82, 2.24) is 4.90 Å². The molecule has 6 heteroatoms. The van der Waals surface area contributed by atoms with Gasteiger partial charge in [0.1, 0.15) is 23.2 Å². The number of hydrogen-bond acceptors (Lipinski definition) is 4. The van der Waals surface area contributed by atoms with Crippen LogP contribution in [-0.2, 0) is 20.7 Å². The number of benzene rings is 1. The standard InChI is InChI=1S/C19H26FNO4/c1-12(22)16-15(11-13-8-7-9-14(20)10-13)21(19(5,6)24-16)17(23)25-18(2,3)4/h7-10,15-16H,11H2,1-6H3. The predicted molar refractivity (Wildman–Crippen MR) is 91.6 cm³/mol. The van der Waals surface area contributed by atoms with E-state index in [9.17, 15) is 14.0 Å². The quantitative estimate of drug-likeness (QED) is 0.833. The van der Waals surface area contributed by atoms with Gasteiger partial charge in [0.05, 0.1) is 6.04 Å². The first-order valence-corrected chi connectivity index (χ1v) is 8.36. The van der Waals surface area contributed by atoms with Gasteiger partial charge in [-0.2, -0.15) is 0 Å². The SMILES string of the molecule is CC(=O)C1OC(C)(C)N(C(=O)OC(C)(C)C)C1Cc1cccc(F)c1. The molecule has 2 rings (SSSR count). The lowest BCUT2D eigenvalue weighted by molar-refractivity contribution is -0.134. The zero-order valence-corrected chi connectivity index (χ0v) is 15.6. The summed E-state index contributed by atoms with van der Waals surface area (Å²) < 4.78 is 24.9. The zero-order valence-electron chi connectivity index (χ0n) is 15.6. The number of ketones is 1. The van der Waals surface area contributed by atoms with E-state index in [0.717, 1.165) is 0 Å². The minimum atomic E-state index is -1.00. The van der Waals surface area contributed by atoms with Crippen LogP contribution in [0.4, 0.5) is 9.18 Å². The molecule has 0 N–H and O–H groups in total. The number of Topliss-reactive ketones (excluding diaryl/α,β-unsaturated/α-hetero) is 1. The molecular weight excluding hydrogens is 325 g/mol. The van der Waals surface area contributed by atoms with Gasteiger partial charge >= 0.3 is 6.09 Å². The molecule has 1 aliphatic heterocycles. The molecule has 2 atom stereocenters. The van der Waals surface area contributed by atoms with Crippen LogP contribution in [0, 0.1) is 5.82 Å². The van der Waals surface area contributed by atoms with Crippen molar-refractivity contribution in [3.05, 3.63) is 35.6 Å². The summed E-state index contributed by atoms with van der Waals surface area (Å²) in [4.78, 5) is 26.3. The van der Waals surface area contributed by atoms with E-state index in [2.05, 4.69) is 0 Å². The Balaban J connectivity index is 2.37. The number of carbonyl (C=O) groups is 2. The summed E-state index contributed by atoms with van der Waals surface area (Å²) >= 11 is 0. The molecule has 0 spiro atoms. The maximum absolute atomic E-state index is 13.5. The summed E-state index contributed by atoms with van der Waals surface area (Å²) in [5.74, 6) is -0.542. The third-order valence-electron chi connectivity index (χ3n) is 4.00. The molecule has 2 unspecified atom stereocenters. The molecule has 25 heavy (non-hydrogen) atoms. The second-order valence-electron chi connectivity index (χ2n) is 7.85. The summed E-state index contributed by atoms with van der Waals surface area (Å²) in [5.41, 5.74) is -0.993. The van der Waals surface area contributed by atoms with Crippen molar-refractivity contribution in [2.45, 2.75) is 71.4 Å². The molecule has 1 heterocycles. The summed E-state index contributed by atoms with van der Waals surface area (Å²) in [6.07, 6.45) is -1.04. The monoisotopic (exact) mass is 351 g/mol. The van der Waals surface area contributed by atoms with Crippen LogP contribution in [0.5, 0.6) is 0 Å². The van der Waals surface area contributed by atoms with E-state index in [1.54, 1.807) is 46.8 Å². The molecule has 1 amide bonds. The highest BCUT2D eigenvalue weighted by atomic mass is 19.1. The van der Waals surface area contributed by atoms with E-state index in [-0.39, 0.29) is 11.6 Å². The number of ether oxygens (including phenoxy) is 2. The van der Waals surface area contributed by atoms with Crippen molar-refractivity contribution in [3.63, 3.8) is 0 Å². The number of amides is 1. The van der Waals surface area contributed by atoms with Gasteiger partial charge in [0, 0.05) is 0 Å². The topological polar surface area (TPSA) is 55.8 Å². The second kappa shape index (κ2) is 6.75. The molecule has 1 fully saturated rings. The van der Waals surface area contributed by atoms with E-state index in [0.29, 0.717) is 12.0 Å². The van der Waals surface area contributed by atoms with E-state index < -0.39 is 29.6 Å². The predicted octanol–water partition coefficient (Wildman–Crippen LogP) is 3.70. The smallest absolute Gasteiger partial charge is 0.412 e. The Kier molecular flexibility index (Phi) is 5.23. The lowest BCUT2D eigenvalue weighted by Gasteiger charge is -2.35. The number of halogens is 1. The molecule has 0 saturated carbocycles. The lowest BCUT2D eigenvalue weighted by atomic mass is 9.98. The Morgan fingerprint density at radius 3 is 2.48 bits per heavy atom. The third kappa shape index (κ3) is 4.57. The molecule has 0 bridgehead atoms. The van der Waals surface area contributed by atoms with Crippen LogP contribution in [0.1, 0.15) is 47.1 Å². The lowest BCUT2D eigenvalue weighted by Crippen LogP contribution is -2.51. The second-order valence-corrected chi connectivity index (χ2v) is 7.85. The van der Waals surface area contributed by atoms with Crippen LogP contribution in [0.25, 0.3) is 0 Å². The van der Waals surface area contributed by atoms with Crippen molar-refractivity contribution >= 4 is 11.9 Å². The van der Waals surface area contributed by atoms with Crippen LogP contribution < -0.4 is 0 Å². The van der Waals surface area contributed by atoms with Gasteiger partial charge in [-0.05, 0) is 65.7 Å². The third-order valence-corrected chi connectivity index (χ3v) is 4.00. The van der Waals surface area contributed by atoms with Gasteiger partial charge in [0.25, 0.3) is 0 Å². The largest absolute Gasteiger partial charge is 0.444 e. The van der Waals surface area contributed by atoms with E-state index >= 15 is 0 Å². The van der Waals surface area contributed by atoms with Crippen LogP contribution in [0.15, 0.2) is 24.3 Å². The Hall–Kier alpha value is -1.95. The fraction of sp³-hybridized carbons (Fsp3) is 0.579. The van der Waals surface area contributed by atoms with Gasteiger partial charge in [-0.3, -0.25) is 9.69 Å². The summed E-state index contributed by atoms with van der Waals surface area (Å²) in [6.45, 7) is 10.2. The minimum absolute atomic E-state index is 0.180. The molecule has 138 valence electrons. The Morgan fingerprint density at radius 2 is 1.96 bits per heavy atom. The maximum atomic E-state index is 13.5. The number of hydrogen-bond donors (Lipinski definition) is 0. The number of rotatable bonds is 3. The zero-order chi connectivity index (χ0) is 19.0. The molecule has 1 aliphatic rings. The maximum Gasteiger partial charge on any atom is 0.412 e. The highest BCUT2D eigenvalue weighted by Crippen LogP contribution is 2.35. The summed E-state index contributed by atoms with van der Waals surface area (Å²) in [6, 6.07) is 5.55. The van der Waals surface area contributed by atoms with E-state index in [4.69, 9.17) is 9.47 Å². The minimum Gasteiger partial charge on any atom is -0.444 e. The van der Waals surface area contributed by atoms with Crippen molar-refractivity contribution in [2.24, 2.45) is 0 Å². The van der Waals surface area contributed by atoms with Gasteiger partial charge in [-0.15, -0.1) is 0 Å². The first kappa shape index (κ1) is 19.4. The van der Waals surface area contributed by atoms with Gasteiger partial charge in [-0.25, -0.2) is 9.18 Å².